The first-order valence-electron chi connectivity index (χ1n) is 5.59. The molecule has 1 rings (SSSR count). The highest BCUT2D eigenvalue weighted by Crippen LogP contribution is 2.07. The fourth-order valence-electron chi connectivity index (χ4n) is 1.43. The minimum atomic E-state index is -0.493. The number of aromatic nitrogens is 2. The number of nitrogens with one attached hydrogen (secondary N) is 1. The van der Waals surface area contributed by atoms with Crippen LogP contribution in [0.3, 0.4) is 0 Å². The number of nitrogens with two attached hydrogens (primary N) is 1. The van der Waals surface area contributed by atoms with Crippen LogP contribution in [0.15, 0.2) is 12.1 Å². The number of ether oxygens (including phenoxy) is 1. The van der Waals surface area contributed by atoms with E-state index in [-0.39, 0.29) is 11.7 Å². The summed E-state index contributed by atoms with van der Waals surface area (Å²) in [6, 6.07) is 3.44. The zero-order chi connectivity index (χ0) is 12.7. The van der Waals surface area contributed by atoms with Crippen molar-refractivity contribution in [3.63, 3.8) is 0 Å². The van der Waals surface area contributed by atoms with Crippen LogP contribution >= 0.6 is 0 Å². The van der Waals surface area contributed by atoms with Crippen molar-refractivity contribution < 1.29 is 9.53 Å². The topological polar surface area (TPSA) is 90.1 Å². The van der Waals surface area contributed by atoms with Gasteiger partial charge in [0.25, 0.3) is 0 Å². The third kappa shape index (κ3) is 3.99. The molecular formula is C11H18N4O2. The predicted molar refractivity (Wildman–Crippen MR) is 64.7 cm³/mol. The Bertz CT molecular complexity index is 353. The van der Waals surface area contributed by atoms with E-state index < -0.39 is 5.97 Å². The Morgan fingerprint density at radius 1 is 1.53 bits per heavy atom. The van der Waals surface area contributed by atoms with Gasteiger partial charge in [-0.15, -0.1) is 10.2 Å². The van der Waals surface area contributed by atoms with Crippen LogP contribution in [0.5, 0.6) is 0 Å². The van der Waals surface area contributed by atoms with E-state index in [2.05, 4.69) is 27.2 Å². The molecule has 1 heterocycles. The fourth-order valence-corrected chi connectivity index (χ4v) is 1.43. The Kier molecular flexibility index (Phi) is 5.35. The lowest BCUT2D eigenvalue weighted by molar-refractivity contribution is 0.0593. The van der Waals surface area contributed by atoms with Crippen LogP contribution in [-0.2, 0) is 4.74 Å². The van der Waals surface area contributed by atoms with Gasteiger partial charge >= 0.3 is 5.97 Å². The maximum atomic E-state index is 11.1. The summed E-state index contributed by atoms with van der Waals surface area (Å²) in [5.41, 5.74) is 5.81. The first-order chi connectivity index (χ1) is 8.21. The lowest BCUT2D eigenvalue weighted by Gasteiger charge is -2.15. The van der Waals surface area contributed by atoms with E-state index in [0.29, 0.717) is 12.4 Å². The van der Waals surface area contributed by atoms with Gasteiger partial charge in [-0.25, -0.2) is 4.79 Å². The van der Waals surface area contributed by atoms with Gasteiger partial charge in [-0.2, -0.15) is 0 Å². The number of hydrogen-bond donors (Lipinski definition) is 2. The van der Waals surface area contributed by atoms with E-state index in [0.717, 1.165) is 12.8 Å². The van der Waals surface area contributed by atoms with Gasteiger partial charge in [-0.3, -0.25) is 0 Å². The van der Waals surface area contributed by atoms with Crippen LogP contribution in [0, 0.1) is 0 Å². The smallest absolute Gasteiger partial charge is 0.358 e. The molecule has 0 aliphatic carbocycles. The van der Waals surface area contributed by atoms with Gasteiger partial charge in [-0.1, -0.05) is 13.3 Å². The summed E-state index contributed by atoms with van der Waals surface area (Å²) in [7, 11) is 1.31. The molecule has 0 radical (unpaired) electrons. The zero-order valence-electron chi connectivity index (χ0n) is 10.1. The van der Waals surface area contributed by atoms with Crippen LogP contribution in [0.1, 0.15) is 30.3 Å². The summed E-state index contributed by atoms with van der Waals surface area (Å²) in [5, 5.41) is 10.8. The molecule has 6 heteroatoms. The van der Waals surface area contributed by atoms with Crippen molar-refractivity contribution >= 4 is 11.8 Å². The molecular weight excluding hydrogens is 220 g/mol. The second kappa shape index (κ2) is 6.80. The first-order valence-corrected chi connectivity index (χ1v) is 5.59. The molecule has 0 spiro atoms. The average molecular weight is 238 g/mol. The standard InChI is InChI=1S/C11H18N4O2/c1-3-4-8(7-12)13-10-6-5-9(14-15-10)11(16)17-2/h5-6,8H,3-4,7,12H2,1-2H3,(H,13,15). The second-order valence-electron chi connectivity index (χ2n) is 3.66. The van der Waals surface area contributed by atoms with Crippen molar-refractivity contribution in [1.29, 1.82) is 0 Å². The number of rotatable bonds is 6. The van der Waals surface area contributed by atoms with Crippen molar-refractivity contribution in [2.24, 2.45) is 5.73 Å². The number of hydrogen-bond acceptors (Lipinski definition) is 6. The summed E-state index contributed by atoms with van der Waals surface area (Å²) >= 11 is 0. The Morgan fingerprint density at radius 2 is 2.29 bits per heavy atom. The Morgan fingerprint density at radius 3 is 2.76 bits per heavy atom. The monoisotopic (exact) mass is 238 g/mol. The fraction of sp³-hybridized carbons (Fsp3) is 0.545. The van der Waals surface area contributed by atoms with Crippen LogP contribution < -0.4 is 11.1 Å². The van der Waals surface area contributed by atoms with Gasteiger partial charge in [0.1, 0.15) is 5.82 Å². The average Bonchev–Trinajstić information content (AvgIpc) is 2.38. The van der Waals surface area contributed by atoms with Crippen LogP contribution in [0.25, 0.3) is 0 Å². The van der Waals surface area contributed by atoms with Crippen LogP contribution in [0.2, 0.25) is 0 Å². The molecule has 0 aliphatic rings. The maximum Gasteiger partial charge on any atom is 0.358 e. The van der Waals surface area contributed by atoms with E-state index in [9.17, 15) is 4.79 Å². The second-order valence-corrected chi connectivity index (χ2v) is 3.66. The van der Waals surface area contributed by atoms with Gasteiger partial charge in [0, 0.05) is 12.6 Å². The summed E-state index contributed by atoms with van der Waals surface area (Å²) < 4.78 is 4.54. The molecule has 3 N–H and O–H groups in total. The van der Waals surface area contributed by atoms with E-state index in [1.54, 1.807) is 12.1 Å². The molecule has 0 bridgehead atoms. The molecule has 0 saturated heterocycles. The molecule has 1 atom stereocenters. The van der Waals surface area contributed by atoms with Crippen molar-refractivity contribution in [3.8, 4) is 0 Å². The quantitative estimate of drug-likeness (QED) is 0.712. The molecule has 0 amide bonds. The molecule has 94 valence electrons. The number of carbonyl (C=O) groups excluding carboxylic acids is 1. The normalized spacial score (nSPS) is 11.9. The maximum absolute atomic E-state index is 11.1. The molecule has 0 aliphatic heterocycles. The number of nitrogens with zero attached hydrogens (tertiary/aromatic N) is 2. The van der Waals surface area contributed by atoms with E-state index >= 15 is 0 Å². The van der Waals surface area contributed by atoms with Crippen molar-refractivity contribution in [2.75, 3.05) is 19.0 Å². The molecule has 0 aromatic carbocycles. The van der Waals surface area contributed by atoms with Crippen molar-refractivity contribution in [1.82, 2.24) is 10.2 Å². The highest BCUT2D eigenvalue weighted by Gasteiger charge is 2.09. The van der Waals surface area contributed by atoms with E-state index in [1.807, 2.05) is 0 Å². The first kappa shape index (κ1) is 13.4. The number of esters is 1. The van der Waals surface area contributed by atoms with Crippen molar-refractivity contribution in [3.05, 3.63) is 17.8 Å². The third-order valence-electron chi connectivity index (χ3n) is 2.33. The molecule has 0 fully saturated rings. The van der Waals surface area contributed by atoms with Gasteiger partial charge < -0.3 is 15.8 Å². The van der Waals surface area contributed by atoms with Gasteiger partial charge in [0.2, 0.25) is 0 Å². The summed E-state index contributed by atoms with van der Waals surface area (Å²) in [5.74, 6) is 0.120. The summed E-state index contributed by atoms with van der Waals surface area (Å²) in [6.45, 7) is 2.63. The highest BCUT2D eigenvalue weighted by atomic mass is 16.5. The molecule has 1 aromatic rings. The molecule has 17 heavy (non-hydrogen) atoms. The largest absolute Gasteiger partial charge is 0.464 e. The van der Waals surface area contributed by atoms with Crippen LogP contribution in [-0.4, -0.2) is 35.9 Å². The van der Waals surface area contributed by atoms with Crippen molar-refractivity contribution in [2.45, 2.75) is 25.8 Å². The molecule has 1 unspecified atom stereocenters. The highest BCUT2D eigenvalue weighted by molar-refractivity contribution is 5.86. The van der Waals surface area contributed by atoms with E-state index in [4.69, 9.17) is 5.73 Å². The number of anilines is 1. The predicted octanol–water partition coefficient (Wildman–Crippen LogP) is 0.802. The Hall–Kier alpha value is -1.69. The molecule has 0 saturated carbocycles. The Labute approximate surface area is 101 Å². The lowest BCUT2D eigenvalue weighted by atomic mass is 10.2. The van der Waals surface area contributed by atoms with Gasteiger partial charge in [-0.05, 0) is 18.6 Å². The molecule has 1 aromatic heterocycles. The van der Waals surface area contributed by atoms with Gasteiger partial charge in [0.15, 0.2) is 5.69 Å². The van der Waals surface area contributed by atoms with E-state index in [1.165, 1.54) is 7.11 Å². The third-order valence-corrected chi connectivity index (χ3v) is 2.33. The summed E-state index contributed by atoms with van der Waals surface area (Å²) in [6.07, 6.45) is 2.01. The summed E-state index contributed by atoms with van der Waals surface area (Å²) in [4.78, 5) is 11.1. The lowest BCUT2D eigenvalue weighted by Crippen LogP contribution is -2.29. The van der Waals surface area contributed by atoms with Gasteiger partial charge in [0.05, 0.1) is 7.11 Å². The Balaban J connectivity index is 2.64. The number of methoxy groups -OCH3 is 1. The molecule has 6 nitrogen and oxygen atoms in total. The zero-order valence-corrected chi connectivity index (χ0v) is 10.1. The minimum absolute atomic E-state index is 0.179. The van der Waals surface area contributed by atoms with Crippen LogP contribution in [0.4, 0.5) is 5.82 Å². The minimum Gasteiger partial charge on any atom is -0.464 e. The number of carbonyl (C=O) groups is 1. The SMILES string of the molecule is CCCC(CN)Nc1ccc(C(=O)OC)nn1.